The number of likely N-dealkylation sites (N-methyl/N-ethyl adjacent to an activating group) is 1. The molecular weight excluding hydrogens is 244 g/mol. The van der Waals surface area contributed by atoms with Crippen molar-refractivity contribution in [2.75, 3.05) is 27.7 Å². The van der Waals surface area contributed by atoms with Crippen molar-refractivity contribution in [3.8, 4) is 11.5 Å². The van der Waals surface area contributed by atoms with Crippen LogP contribution in [-0.4, -0.2) is 44.7 Å². The maximum absolute atomic E-state index is 11.9. The van der Waals surface area contributed by atoms with E-state index in [1.807, 2.05) is 25.2 Å². The van der Waals surface area contributed by atoms with Gasteiger partial charge in [0.15, 0.2) is 17.6 Å². The summed E-state index contributed by atoms with van der Waals surface area (Å²) in [6, 6.07) is 5.73. The number of benzene rings is 1. The van der Waals surface area contributed by atoms with Gasteiger partial charge in [-0.2, -0.15) is 0 Å². The monoisotopic (exact) mass is 264 g/mol. The molecular formula is C14H20N2O3. The van der Waals surface area contributed by atoms with Gasteiger partial charge < -0.3 is 19.7 Å². The second-order valence-corrected chi connectivity index (χ2v) is 4.63. The van der Waals surface area contributed by atoms with Gasteiger partial charge in [0.05, 0.1) is 7.11 Å². The molecule has 0 aromatic heterocycles. The fraction of sp³-hybridized carbons (Fsp3) is 0.500. The second kappa shape index (κ2) is 5.93. The van der Waals surface area contributed by atoms with Crippen LogP contribution >= 0.6 is 0 Å². The van der Waals surface area contributed by atoms with Crippen molar-refractivity contribution in [3.63, 3.8) is 0 Å². The Kier molecular flexibility index (Phi) is 4.27. The van der Waals surface area contributed by atoms with Crippen LogP contribution in [0.5, 0.6) is 11.5 Å². The zero-order chi connectivity index (χ0) is 13.8. The number of hydrogen-bond acceptors (Lipinski definition) is 4. The van der Waals surface area contributed by atoms with E-state index < -0.39 is 6.10 Å². The smallest absolute Gasteiger partial charge is 0.263 e. The third-order valence-electron chi connectivity index (χ3n) is 3.29. The van der Waals surface area contributed by atoms with Gasteiger partial charge in [-0.05, 0) is 13.1 Å². The quantitative estimate of drug-likeness (QED) is 0.863. The molecule has 1 aromatic rings. The first-order chi connectivity index (χ1) is 9.17. The standard InChI is InChI=1S/C14H20N2O3/c1-15-9-10-5-4-6-11(18-3)13(10)19-12-7-8-16(2)14(12)17/h4-6,12,15H,7-9H2,1-3H3. The molecule has 1 amide bonds. The normalized spacial score (nSPS) is 18.8. The number of amides is 1. The number of carbonyl (C=O) groups excluding carboxylic acids is 1. The van der Waals surface area contributed by atoms with Crippen molar-refractivity contribution in [3.05, 3.63) is 23.8 Å². The number of nitrogens with one attached hydrogen (secondary N) is 1. The van der Waals surface area contributed by atoms with Crippen molar-refractivity contribution >= 4 is 5.91 Å². The lowest BCUT2D eigenvalue weighted by molar-refractivity contribution is -0.132. The van der Waals surface area contributed by atoms with Crippen LogP contribution < -0.4 is 14.8 Å². The molecule has 1 aliphatic rings. The molecule has 2 rings (SSSR count). The Morgan fingerprint density at radius 1 is 1.47 bits per heavy atom. The van der Waals surface area contributed by atoms with E-state index in [1.165, 1.54) is 0 Å². The minimum Gasteiger partial charge on any atom is -0.493 e. The SMILES string of the molecule is CNCc1cccc(OC)c1OC1CCN(C)C1=O. The Balaban J connectivity index is 2.25. The van der Waals surface area contributed by atoms with Gasteiger partial charge >= 0.3 is 0 Å². The minimum atomic E-state index is -0.406. The summed E-state index contributed by atoms with van der Waals surface area (Å²) in [6.45, 7) is 1.41. The first-order valence-electron chi connectivity index (χ1n) is 6.39. The van der Waals surface area contributed by atoms with E-state index in [9.17, 15) is 4.79 Å². The van der Waals surface area contributed by atoms with Gasteiger partial charge in [-0.25, -0.2) is 0 Å². The van der Waals surface area contributed by atoms with E-state index in [1.54, 1.807) is 19.1 Å². The molecule has 0 radical (unpaired) electrons. The number of methoxy groups -OCH3 is 1. The number of ether oxygens (including phenoxy) is 2. The Morgan fingerprint density at radius 2 is 2.26 bits per heavy atom. The van der Waals surface area contributed by atoms with Crippen molar-refractivity contribution < 1.29 is 14.3 Å². The van der Waals surface area contributed by atoms with E-state index in [0.717, 1.165) is 12.1 Å². The minimum absolute atomic E-state index is 0.0290. The average molecular weight is 264 g/mol. The lowest BCUT2D eigenvalue weighted by Crippen LogP contribution is -2.30. The van der Waals surface area contributed by atoms with Crippen LogP contribution in [0.2, 0.25) is 0 Å². The Morgan fingerprint density at radius 3 is 2.84 bits per heavy atom. The summed E-state index contributed by atoms with van der Waals surface area (Å²) in [4.78, 5) is 13.6. The molecule has 1 heterocycles. The van der Waals surface area contributed by atoms with E-state index in [-0.39, 0.29) is 5.91 Å². The average Bonchev–Trinajstić information content (AvgIpc) is 2.73. The summed E-state index contributed by atoms with van der Waals surface area (Å²) in [7, 11) is 5.27. The first kappa shape index (κ1) is 13.7. The summed E-state index contributed by atoms with van der Waals surface area (Å²) in [5.74, 6) is 1.35. The summed E-state index contributed by atoms with van der Waals surface area (Å²) in [6.07, 6.45) is 0.309. The van der Waals surface area contributed by atoms with Crippen LogP contribution in [0.15, 0.2) is 18.2 Å². The summed E-state index contributed by atoms with van der Waals surface area (Å²) >= 11 is 0. The highest BCUT2D eigenvalue weighted by molar-refractivity contribution is 5.83. The number of likely N-dealkylation sites (tertiary alicyclic amines) is 1. The molecule has 0 aliphatic carbocycles. The van der Waals surface area contributed by atoms with Gasteiger partial charge in [0.25, 0.3) is 5.91 Å². The predicted octanol–water partition coefficient (Wildman–Crippen LogP) is 1.02. The summed E-state index contributed by atoms with van der Waals surface area (Å²) in [5, 5.41) is 3.09. The summed E-state index contributed by atoms with van der Waals surface area (Å²) < 4.78 is 11.2. The summed E-state index contributed by atoms with van der Waals surface area (Å²) in [5.41, 5.74) is 0.990. The molecule has 1 fully saturated rings. The van der Waals surface area contributed by atoms with Crippen molar-refractivity contribution in [1.29, 1.82) is 0 Å². The molecule has 104 valence electrons. The molecule has 0 saturated carbocycles. The number of para-hydroxylation sites is 1. The highest BCUT2D eigenvalue weighted by atomic mass is 16.5. The largest absolute Gasteiger partial charge is 0.493 e. The van der Waals surface area contributed by atoms with Crippen molar-refractivity contribution in [1.82, 2.24) is 10.2 Å². The van der Waals surface area contributed by atoms with Crippen molar-refractivity contribution in [2.45, 2.75) is 19.1 Å². The highest BCUT2D eigenvalue weighted by Crippen LogP contribution is 2.33. The molecule has 1 aromatic carbocycles. The van der Waals surface area contributed by atoms with Crippen LogP contribution in [-0.2, 0) is 11.3 Å². The second-order valence-electron chi connectivity index (χ2n) is 4.63. The molecule has 1 saturated heterocycles. The molecule has 0 spiro atoms. The van der Waals surface area contributed by atoms with E-state index in [0.29, 0.717) is 24.5 Å². The van der Waals surface area contributed by atoms with Gasteiger partial charge in [-0.3, -0.25) is 4.79 Å². The molecule has 0 bridgehead atoms. The molecule has 1 unspecified atom stereocenters. The van der Waals surface area contributed by atoms with Gasteiger partial charge in [0.2, 0.25) is 0 Å². The van der Waals surface area contributed by atoms with Crippen LogP contribution in [0, 0.1) is 0 Å². The van der Waals surface area contributed by atoms with Crippen LogP contribution in [0.25, 0.3) is 0 Å². The lowest BCUT2D eigenvalue weighted by Gasteiger charge is -2.18. The van der Waals surface area contributed by atoms with Crippen LogP contribution in [0.4, 0.5) is 0 Å². The Hall–Kier alpha value is -1.75. The van der Waals surface area contributed by atoms with E-state index in [4.69, 9.17) is 9.47 Å². The number of hydrogen-bond donors (Lipinski definition) is 1. The van der Waals surface area contributed by atoms with Gasteiger partial charge in [0, 0.05) is 32.1 Å². The zero-order valence-electron chi connectivity index (χ0n) is 11.6. The van der Waals surface area contributed by atoms with Crippen molar-refractivity contribution in [2.24, 2.45) is 0 Å². The molecule has 5 heteroatoms. The van der Waals surface area contributed by atoms with E-state index in [2.05, 4.69) is 5.32 Å². The third-order valence-corrected chi connectivity index (χ3v) is 3.29. The van der Waals surface area contributed by atoms with E-state index >= 15 is 0 Å². The number of carbonyl (C=O) groups is 1. The fourth-order valence-corrected chi connectivity index (χ4v) is 2.23. The molecule has 1 aliphatic heterocycles. The molecule has 1 N–H and O–H groups in total. The molecule has 5 nitrogen and oxygen atoms in total. The number of nitrogens with zero attached hydrogens (tertiary/aromatic N) is 1. The number of rotatable bonds is 5. The first-order valence-corrected chi connectivity index (χ1v) is 6.39. The van der Waals surface area contributed by atoms with Gasteiger partial charge in [0.1, 0.15) is 0 Å². The molecule has 1 atom stereocenters. The molecule has 19 heavy (non-hydrogen) atoms. The zero-order valence-corrected chi connectivity index (χ0v) is 11.6. The Labute approximate surface area is 113 Å². The van der Waals surface area contributed by atoms with Gasteiger partial charge in [-0.1, -0.05) is 12.1 Å². The van der Waals surface area contributed by atoms with Gasteiger partial charge in [-0.15, -0.1) is 0 Å². The van der Waals surface area contributed by atoms with Crippen LogP contribution in [0.1, 0.15) is 12.0 Å². The van der Waals surface area contributed by atoms with Crippen LogP contribution in [0.3, 0.4) is 0 Å². The highest BCUT2D eigenvalue weighted by Gasteiger charge is 2.32. The maximum Gasteiger partial charge on any atom is 0.263 e. The predicted molar refractivity (Wildman–Crippen MR) is 72.4 cm³/mol. The third kappa shape index (κ3) is 2.81. The maximum atomic E-state index is 11.9. The lowest BCUT2D eigenvalue weighted by atomic mass is 10.1. The fourth-order valence-electron chi connectivity index (χ4n) is 2.23. The Bertz CT molecular complexity index is 462. The topological polar surface area (TPSA) is 50.8 Å².